The minimum Gasteiger partial charge on any atom is -0.370 e. The van der Waals surface area contributed by atoms with Crippen LogP contribution in [0.5, 0.6) is 0 Å². The van der Waals surface area contributed by atoms with Crippen LogP contribution in [0.1, 0.15) is 21.5 Å². The van der Waals surface area contributed by atoms with Crippen molar-refractivity contribution in [2.75, 3.05) is 32.7 Å². The SMILES string of the molecule is CN1CC=Cc2cc(/C=C/C(=O)c3ccccc3)ccc21.COS(=O)(=O)OC. The molecule has 0 N–H and O–H groups in total. The van der Waals surface area contributed by atoms with E-state index in [-0.39, 0.29) is 5.78 Å². The first-order chi connectivity index (χ1) is 13.4. The molecule has 0 unspecified atom stereocenters. The van der Waals surface area contributed by atoms with Crippen LogP contribution in [0.3, 0.4) is 0 Å². The molecule has 0 saturated heterocycles. The van der Waals surface area contributed by atoms with Gasteiger partial charge in [-0.15, -0.1) is 0 Å². The Bertz CT molecular complexity index is 956. The van der Waals surface area contributed by atoms with Crippen molar-refractivity contribution < 1.29 is 21.6 Å². The van der Waals surface area contributed by atoms with E-state index < -0.39 is 10.4 Å². The van der Waals surface area contributed by atoms with E-state index in [1.165, 1.54) is 11.3 Å². The maximum absolute atomic E-state index is 12.0. The van der Waals surface area contributed by atoms with Gasteiger partial charge in [0, 0.05) is 24.8 Å². The quantitative estimate of drug-likeness (QED) is 0.563. The van der Waals surface area contributed by atoms with Crippen molar-refractivity contribution in [1.82, 2.24) is 0 Å². The van der Waals surface area contributed by atoms with Gasteiger partial charge < -0.3 is 4.90 Å². The Morgan fingerprint density at radius 1 is 1.07 bits per heavy atom. The Balaban J connectivity index is 0.000000345. The average Bonchev–Trinajstić information content (AvgIpc) is 2.73. The third-order valence-electron chi connectivity index (χ3n) is 4.03. The van der Waals surface area contributed by atoms with E-state index in [1.54, 1.807) is 6.08 Å². The van der Waals surface area contributed by atoms with E-state index in [9.17, 15) is 13.2 Å². The number of likely N-dealkylation sites (N-methyl/N-ethyl adjacent to an activating group) is 1. The van der Waals surface area contributed by atoms with Gasteiger partial charge >= 0.3 is 10.4 Å². The van der Waals surface area contributed by atoms with Crippen molar-refractivity contribution >= 4 is 34.0 Å². The number of fused-ring (bicyclic) bond motifs is 1. The van der Waals surface area contributed by atoms with E-state index in [4.69, 9.17) is 0 Å². The zero-order valence-electron chi connectivity index (χ0n) is 16.0. The van der Waals surface area contributed by atoms with Gasteiger partial charge in [0.15, 0.2) is 5.78 Å². The molecular formula is C21H23NO5S. The summed E-state index contributed by atoms with van der Waals surface area (Å²) >= 11 is 0. The van der Waals surface area contributed by atoms with Gasteiger partial charge in [0.25, 0.3) is 0 Å². The number of carbonyl (C=O) groups excluding carboxylic acids is 1. The van der Waals surface area contributed by atoms with Crippen LogP contribution in [0.15, 0.2) is 60.7 Å². The second-order valence-corrected chi connectivity index (χ2v) is 7.39. The van der Waals surface area contributed by atoms with E-state index in [0.717, 1.165) is 26.3 Å². The lowest BCUT2D eigenvalue weighted by atomic mass is 10.0. The first-order valence-electron chi connectivity index (χ1n) is 8.51. The van der Waals surface area contributed by atoms with Crippen molar-refractivity contribution in [3.63, 3.8) is 0 Å². The third kappa shape index (κ3) is 6.16. The number of ketones is 1. The number of rotatable bonds is 5. The molecule has 3 rings (SSSR count). The van der Waals surface area contributed by atoms with Gasteiger partial charge in [0.1, 0.15) is 0 Å². The molecule has 0 aliphatic carbocycles. The number of anilines is 1. The molecular weight excluding hydrogens is 378 g/mol. The van der Waals surface area contributed by atoms with Gasteiger partial charge in [-0.3, -0.25) is 13.2 Å². The van der Waals surface area contributed by atoms with Gasteiger partial charge in [-0.1, -0.05) is 54.6 Å². The minimum atomic E-state index is -3.66. The second-order valence-electron chi connectivity index (χ2n) is 5.91. The lowest BCUT2D eigenvalue weighted by Crippen LogP contribution is -2.20. The molecule has 1 aliphatic rings. The first kappa shape index (κ1) is 21.6. The smallest absolute Gasteiger partial charge is 0.370 e. The van der Waals surface area contributed by atoms with E-state index >= 15 is 0 Å². The first-order valence-corrected chi connectivity index (χ1v) is 9.85. The third-order valence-corrected chi connectivity index (χ3v) is 4.85. The normalized spacial score (nSPS) is 13.0. The zero-order valence-corrected chi connectivity index (χ0v) is 16.8. The van der Waals surface area contributed by atoms with Crippen LogP contribution < -0.4 is 4.90 Å². The number of nitrogens with zero attached hydrogens (tertiary/aromatic N) is 1. The number of carbonyl (C=O) groups is 1. The summed E-state index contributed by atoms with van der Waals surface area (Å²) in [6, 6.07) is 15.6. The van der Waals surface area contributed by atoms with Gasteiger partial charge in [0.2, 0.25) is 0 Å². The highest BCUT2D eigenvalue weighted by Gasteiger charge is 2.09. The Morgan fingerprint density at radius 2 is 1.75 bits per heavy atom. The highest BCUT2D eigenvalue weighted by Crippen LogP contribution is 2.26. The number of allylic oxidation sites excluding steroid dienone is 1. The van der Waals surface area contributed by atoms with Gasteiger partial charge in [-0.05, 0) is 29.3 Å². The number of hydrogen-bond acceptors (Lipinski definition) is 6. The van der Waals surface area contributed by atoms with Crippen molar-refractivity contribution in [3.05, 3.63) is 77.4 Å². The van der Waals surface area contributed by atoms with Gasteiger partial charge in [-0.25, -0.2) is 0 Å². The maximum Gasteiger partial charge on any atom is 0.399 e. The minimum absolute atomic E-state index is 0.0287. The molecule has 0 bridgehead atoms. The molecule has 0 aromatic heterocycles. The van der Waals surface area contributed by atoms with E-state index in [1.807, 2.05) is 42.5 Å². The molecule has 0 spiro atoms. The molecule has 0 atom stereocenters. The Kier molecular flexibility index (Phi) is 7.69. The van der Waals surface area contributed by atoms with Crippen molar-refractivity contribution in [1.29, 1.82) is 0 Å². The molecule has 1 heterocycles. The fourth-order valence-electron chi connectivity index (χ4n) is 2.53. The summed E-state index contributed by atoms with van der Waals surface area (Å²) in [4.78, 5) is 14.3. The topological polar surface area (TPSA) is 72.9 Å². The molecule has 6 nitrogen and oxygen atoms in total. The summed E-state index contributed by atoms with van der Waals surface area (Å²) < 4.78 is 27.5. The number of benzene rings is 2. The van der Waals surface area contributed by atoms with E-state index in [2.05, 4.69) is 44.6 Å². The van der Waals surface area contributed by atoms with Crippen LogP contribution in [0.25, 0.3) is 12.2 Å². The molecule has 1 aliphatic heterocycles. The Labute approximate surface area is 166 Å². The standard InChI is InChI=1S/C19H17NO.C2H6O4S/c1-20-13-5-8-17-14-15(9-11-18(17)20)10-12-19(21)16-6-3-2-4-7-16;1-5-7(3,4)6-2/h2-12,14H,13H2,1H3;1-2H3/b12-10+;. The lowest BCUT2D eigenvalue weighted by molar-refractivity contribution is 0.104. The summed E-state index contributed by atoms with van der Waals surface area (Å²) in [5, 5.41) is 0. The fourth-order valence-corrected chi connectivity index (χ4v) is 2.67. The van der Waals surface area contributed by atoms with Crippen LogP contribution >= 0.6 is 0 Å². The predicted octanol–water partition coefficient (Wildman–Crippen LogP) is 3.57. The van der Waals surface area contributed by atoms with Gasteiger partial charge in [0.05, 0.1) is 14.2 Å². The molecule has 28 heavy (non-hydrogen) atoms. The van der Waals surface area contributed by atoms with Crippen molar-refractivity contribution in [3.8, 4) is 0 Å². The zero-order chi connectivity index (χ0) is 20.6. The fraction of sp³-hybridized carbons (Fsp3) is 0.190. The summed E-state index contributed by atoms with van der Waals surface area (Å²) in [6.07, 6.45) is 7.78. The van der Waals surface area contributed by atoms with Crippen LogP contribution in [-0.4, -0.2) is 42.0 Å². The predicted molar refractivity (Wildman–Crippen MR) is 111 cm³/mol. The van der Waals surface area contributed by atoms with Crippen molar-refractivity contribution in [2.24, 2.45) is 0 Å². The molecule has 0 radical (unpaired) electrons. The lowest BCUT2D eigenvalue weighted by Gasteiger charge is -2.23. The molecule has 2 aromatic rings. The summed E-state index contributed by atoms with van der Waals surface area (Å²) in [6.45, 7) is 0.939. The van der Waals surface area contributed by atoms with Gasteiger partial charge in [-0.2, -0.15) is 8.42 Å². The summed E-state index contributed by atoms with van der Waals surface area (Å²) in [5.41, 5.74) is 4.17. The molecule has 148 valence electrons. The molecule has 2 aromatic carbocycles. The highest BCUT2D eigenvalue weighted by molar-refractivity contribution is 7.81. The van der Waals surface area contributed by atoms with Crippen LogP contribution in [-0.2, 0) is 18.8 Å². The maximum atomic E-state index is 12.0. The Hall–Kier alpha value is -2.74. The number of hydrogen-bond donors (Lipinski definition) is 0. The summed E-state index contributed by atoms with van der Waals surface area (Å²) in [5.74, 6) is 0.0287. The molecule has 7 heteroatoms. The Morgan fingerprint density at radius 3 is 2.36 bits per heavy atom. The monoisotopic (exact) mass is 401 g/mol. The van der Waals surface area contributed by atoms with Crippen LogP contribution in [0.4, 0.5) is 5.69 Å². The average molecular weight is 401 g/mol. The van der Waals surface area contributed by atoms with Crippen LogP contribution in [0.2, 0.25) is 0 Å². The van der Waals surface area contributed by atoms with Crippen LogP contribution in [0, 0.1) is 0 Å². The second kappa shape index (κ2) is 9.98. The molecule has 0 saturated carbocycles. The largest absolute Gasteiger partial charge is 0.399 e. The van der Waals surface area contributed by atoms with Crippen molar-refractivity contribution in [2.45, 2.75) is 0 Å². The highest BCUT2D eigenvalue weighted by atomic mass is 32.3. The molecule has 0 fully saturated rings. The van der Waals surface area contributed by atoms with E-state index in [0.29, 0.717) is 5.56 Å². The molecule has 0 amide bonds. The summed E-state index contributed by atoms with van der Waals surface area (Å²) in [7, 11) is 0.476.